The number of rotatable bonds is 6. The van der Waals surface area contributed by atoms with Crippen molar-refractivity contribution in [3.63, 3.8) is 0 Å². The van der Waals surface area contributed by atoms with Gasteiger partial charge in [0.1, 0.15) is 6.04 Å². The summed E-state index contributed by atoms with van der Waals surface area (Å²) in [5, 5.41) is 2.65. The lowest BCUT2D eigenvalue weighted by molar-refractivity contribution is -0.144. The van der Waals surface area contributed by atoms with Gasteiger partial charge in [0.25, 0.3) is 5.91 Å². The van der Waals surface area contributed by atoms with Gasteiger partial charge in [0.05, 0.1) is 20.3 Å². The summed E-state index contributed by atoms with van der Waals surface area (Å²) >= 11 is 0. The maximum atomic E-state index is 12.6. The zero-order valence-electron chi connectivity index (χ0n) is 19.4. The molecular weight excluding hydrogens is 418 g/mol. The fourth-order valence-electron chi connectivity index (χ4n) is 3.44. The zero-order chi connectivity index (χ0) is 23.8. The monoisotopic (exact) mass is 449 g/mol. The molecule has 0 spiro atoms. The molecular formula is C26H31N3O4. The quantitative estimate of drug-likeness (QED) is 0.517. The average Bonchev–Trinajstić information content (AvgIpc) is 2.81. The van der Waals surface area contributed by atoms with Crippen molar-refractivity contribution in [3.05, 3.63) is 70.8 Å². The standard InChI is InChI=1S/C26H31N3O4/c1-26(2,27)23(25(31)32-3)28-24(30)22-12-10-20(11-13-22)5-4-19-6-8-21(9-7-19)18-29-14-16-33-17-15-29/h6-13,23H,14-18,27H2,1-3H3,(H,28,30). The second-order valence-corrected chi connectivity index (χ2v) is 8.66. The summed E-state index contributed by atoms with van der Waals surface area (Å²) in [6, 6.07) is 14.2. The Morgan fingerprint density at radius 2 is 1.61 bits per heavy atom. The number of hydrogen-bond donors (Lipinski definition) is 2. The Labute approximate surface area is 195 Å². The molecule has 1 aliphatic heterocycles. The molecule has 7 nitrogen and oxygen atoms in total. The van der Waals surface area contributed by atoms with E-state index in [4.69, 9.17) is 15.2 Å². The first-order valence-electron chi connectivity index (χ1n) is 10.9. The van der Waals surface area contributed by atoms with Gasteiger partial charge in [0, 0.05) is 41.9 Å². The third kappa shape index (κ3) is 7.16. The van der Waals surface area contributed by atoms with Gasteiger partial charge in [-0.25, -0.2) is 4.79 Å². The minimum atomic E-state index is -0.966. The van der Waals surface area contributed by atoms with Crippen LogP contribution in [0.5, 0.6) is 0 Å². The van der Waals surface area contributed by atoms with Gasteiger partial charge in [-0.15, -0.1) is 0 Å². The molecule has 3 rings (SSSR count). The van der Waals surface area contributed by atoms with Gasteiger partial charge in [0.2, 0.25) is 0 Å². The molecule has 0 aliphatic carbocycles. The number of nitrogens with two attached hydrogens (primary N) is 1. The van der Waals surface area contributed by atoms with E-state index < -0.39 is 23.5 Å². The van der Waals surface area contributed by atoms with Gasteiger partial charge in [-0.3, -0.25) is 9.69 Å². The summed E-state index contributed by atoms with van der Waals surface area (Å²) in [4.78, 5) is 26.9. The van der Waals surface area contributed by atoms with Crippen molar-refractivity contribution in [2.24, 2.45) is 5.73 Å². The Morgan fingerprint density at radius 3 is 2.12 bits per heavy atom. The highest BCUT2D eigenvalue weighted by molar-refractivity contribution is 5.97. The maximum Gasteiger partial charge on any atom is 0.330 e. The molecule has 1 heterocycles. The molecule has 0 bridgehead atoms. The Morgan fingerprint density at radius 1 is 1.06 bits per heavy atom. The number of esters is 1. The lowest BCUT2D eigenvalue weighted by atomic mass is 9.95. The predicted octanol–water partition coefficient (Wildman–Crippen LogP) is 1.93. The average molecular weight is 450 g/mol. The SMILES string of the molecule is COC(=O)C(NC(=O)c1ccc(C#Cc2ccc(CN3CCOCC3)cc2)cc1)C(C)(C)N. The lowest BCUT2D eigenvalue weighted by Gasteiger charge is -2.28. The predicted molar refractivity (Wildman–Crippen MR) is 126 cm³/mol. The summed E-state index contributed by atoms with van der Waals surface area (Å²) in [6.45, 7) is 7.73. The number of nitrogens with zero attached hydrogens (tertiary/aromatic N) is 1. The maximum absolute atomic E-state index is 12.6. The van der Waals surface area contributed by atoms with Crippen molar-refractivity contribution < 1.29 is 19.1 Å². The first kappa shape index (κ1) is 24.5. The zero-order valence-corrected chi connectivity index (χ0v) is 19.4. The number of morpholine rings is 1. The smallest absolute Gasteiger partial charge is 0.330 e. The van der Waals surface area contributed by atoms with Crippen LogP contribution < -0.4 is 11.1 Å². The molecule has 2 aromatic carbocycles. The minimum absolute atomic E-state index is 0.403. The molecule has 1 fully saturated rings. The van der Waals surface area contributed by atoms with Crippen LogP contribution in [0.15, 0.2) is 48.5 Å². The Hall–Kier alpha value is -3.18. The molecule has 174 valence electrons. The van der Waals surface area contributed by atoms with Gasteiger partial charge in [0.15, 0.2) is 0 Å². The number of carbonyl (C=O) groups excluding carboxylic acids is 2. The number of amides is 1. The summed E-state index contributed by atoms with van der Waals surface area (Å²) in [7, 11) is 1.26. The van der Waals surface area contributed by atoms with E-state index in [-0.39, 0.29) is 0 Å². The van der Waals surface area contributed by atoms with Crippen molar-refractivity contribution >= 4 is 11.9 Å². The molecule has 1 atom stereocenters. The summed E-state index contributed by atoms with van der Waals surface area (Å²) in [5.74, 6) is 5.28. The Kier molecular flexibility index (Phi) is 8.23. The largest absolute Gasteiger partial charge is 0.467 e. The third-order valence-electron chi connectivity index (χ3n) is 5.42. The fourth-order valence-corrected chi connectivity index (χ4v) is 3.44. The van der Waals surface area contributed by atoms with E-state index in [9.17, 15) is 9.59 Å². The lowest BCUT2D eigenvalue weighted by Crippen LogP contribution is -2.59. The number of nitrogens with one attached hydrogen (secondary N) is 1. The van der Waals surface area contributed by atoms with Crippen LogP contribution in [0.3, 0.4) is 0 Å². The van der Waals surface area contributed by atoms with Gasteiger partial charge < -0.3 is 20.5 Å². The number of methoxy groups -OCH3 is 1. The molecule has 1 saturated heterocycles. The molecule has 7 heteroatoms. The molecule has 1 amide bonds. The van der Waals surface area contributed by atoms with Gasteiger partial charge in [-0.2, -0.15) is 0 Å². The van der Waals surface area contributed by atoms with E-state index >= 15 is 0 Å². The molecule has 0 radical (unpaired) electrons. The topological polar surface area (TPSA) is 93.9 Å². The van der Waals surface area contributed by atoms with Crippen LogP contribution in [0.1, 0.15) is 40.9 Å². The first-order chi connectivity index (χ1) is 15.8. The van der Waals surface area contributed by atoms with E-state index in [1.807, 2.05) is 12.1 Å². The minimum Gasteiger partial charge on any atom is -0.467 e. The number of hydrogen-bond acceptors (Lipinski definition) is 6. The fraction of sp³-hybridized carbons (Fsp3) is 0.385. The Balaban J connectivity index is 1.60. The second-order valence-electron chi connectivity index (χ2n) is 8.66. The summed E-state index contributed by atoms with van der Waals surface area (Å²) in [5.41, 5.74) is 8.42. The highest BCUT2D eigenvalue weighted by Crippen LogP contribution is 2.11. The van der Waals surface area contributed by atoms with E-state index in [2.05, 4.69) is 34.2 Å². The number of carbonyl (C=O) groups is 2. The number of ether oxygens (including phenoxy) is 2. The van der Waals surface area contributed by atoms with E-state index in [0.717, 1.165) is 44.0 Å². The van der Waals surface area contributed by atoms with Crippen molar-refractivity contribution in [2.75, 3.05) is 33.4 Å². The highest BCUT2D eigenvalue weighted by atomic mass is 16.5. The van der Waals surface area contributed by atoms with Crippen molar-refractivity contribution in [1.82, 2.24) is 10.2 Å². The van der Waals surface area contributed by atoms with Crippen LogP contribution in [-0.4, -0.2) is 61.8 Å². The van der Waals surface area contributed by atoms with Gasteiger partial charge in [-0.05, 0) is 55.8 Å². The van der Waals surface area contributed by atoms with Gasteiger partial charge >= 0.3 is 5.97 Å². The van der Waals surface area contributed by atoms with Crippen molar-refractivity contribution in [1.29, 1.82) is 0 Å². The van der Waals surface area contributed by atoms with Crippen LogP contribution in [-0.2, 0) is 20.8 Å². The van der Waals surface area contributed by atoms with Crippen LogP contribution >= 0.6 is 0 Å². The van der Waals surface area contributed by atoms with E-state index in [1.54, 1.807) is 38.1 Å². The first-order valence-corrected chi connectivity index (χ1v) is 10.9. The van der Waals surface area contributed by atoms with Crippen LogP contribution in [0.25, 0.3) is 0 Å². The second kappa shape index (κ2) is 11.1. The van der Waals surface area contributed by atoms with Gasteiger partial charge in [-0.1, -0.05) is 24.0 Å². The normalized spacial score (nSPS) is 15.2. The summed E-state index contributed by atoms with van der Waals surface area (Å²) in [6.07, 6.45) is 0. The van der Waals surface area contributed by atoms with Crippen molar-refractivity contribution in [3.8, 4) is 11.8 Å². The van der Waals surface area contributed by atoms with Crippen LogP contribution in [0.2, 0.25) is 0 Å². The third-order valence-corrected chi connectivity index (χ3v) is 5.42. The van der Waals surface area contributed by atoms with Crippen molar-refractivity contribution in [2.45, 2.75) is 32.0 Å². The molecule has 0 saturated carbocycles. The van der Waals surface area contributed by atoms with E-state index in [1.165, 1.54) is 12.7 Å². The molecule has 2 aromatic rings. The molecule has 1 aliphatic rings. The molecule has 0 aromatic heterocycles. The molecule has 1 unspecified atom stereocenters. The number of benzene rings is 2. The molecule has 3 N–H and O–H groups in total. The molecule has 33 heavy (non-hydrogen) atoms. The van der Waals surface area contributed by atoms with E-state index in [0.29, 0.717) is 5.56 Å². The summed E-state index contributed by atoms with van der Waals surface area (Å²) < 4.78 is 10.1. The van der Waals surface area contributed by atoms with Crippen LogP contribution in [0.4, 0.5) is 0 Å². The highest BCUT2D eigenvalue weighted by Gasteiger charge is 2.34. The Bertz CT molecular complexity index is 1010. The van der Waals surface area contributed by atoms with Crippen LogP contribution in [0, 0.1) is 11.8 Å².